The summed E-state index contributed by atoms with van der Waals surface area (Å²) in [4.78, 5) is 11.4. The molecule has 0 aliphatic rings. The van der Waals surface area contributed by atoms with Crippen molar-refractivity contribution in [3.05, 3.63) is 63.6 Å². The number of hydrogen-bond acceptors (Lipinski definition) is 2. The number of carbonyl (C=O) groups is 1. The molecule has 2 aromatic carbocycles. The zero-order valence-corrected chi connectivity index (χ0v) is 11.7. The third-order valence-corrected chi connectivity index (χ3v) is 3.40. The van der Waals surface area contributed by atoms with E-state index in [1.54, 1.807) is 18.2 Å². The Morgan fingerprint density at radius 3 is 2.20 bits per heavy atom. The number of rotatable bonds is 3. The van der Waals surface area contributed by atoms with Crippen molar-refractivity contribution in [1.82, 2.24) is 0 Å². The fraction of sp³-hybridized carbons (Fsp3) is 0. The molecule has 0 unspecified atom stereocenters. The number of benzene rings is 2. The van der Waals surface area contributed by atoms with Gasteiger partial charge >= 0.3 is 5.97 Å². The first-order valence-electron chi connectivity index (χ1n) is 5.67. The second-order valence-corrected chi connectivity index (χ2v) is 4.90. The Hall–Kier alpha value is -1.97. The number of aromatic hydroxyl groups is 1. The maximum absolute atomic E-state index is 11.4. The standard InChI is InChI=1S/C15H10Cl2O3/c16-13-6-1-9(8-14(13)17)7-12(15(19)20)10-2-4-11(18)5-3-10/h1-8,18H,(H,19,20)/b12-7-. The van der Waals surface area contributed by atoms with Gasteiger partial charge in [-0.3, -0.25) is 0 Å². The molecule has 0 saturated heterocycles. The molecule has 0 aromatic heterocycles. The summed E-state index contributed by atoms with van der Waals surface area (Å²) in [5, 5.41) is 19.3. The molecule has 0 atom stereocenters. The summed E-state index contributed by atoms with van der Waals surface area (Å²) in [6, 6.07) is 10.8. The SMILES string of the molecule is O=C(O)/C(=C\c1ccc(Cl)c(Cl)c1)c1ccc(O)cc1. The van der Waals surface area contributed by atoms with Gasteiger partial charge in [0.25, 0.3) is 0 Å². The molecule has 20 heavy (non-hydrogen) atoms. The van der Waals surface area contributed by atoms with Gasteiger partial charge in [0.05, 0.1) is 15.6 Å². The Labute approximate surface area is 125 Å². The summed E-state index contributed by atoms with van der Waals surface area (Å²) in [6.07, 6.45) is 1.50. The van der Waals surface area contributed by atoms with E-state index in [0.29, 0.717) is 21.2 Å². The summed E-state index contributed by atoms with van der Waals surface area (Å²) < 4.78 is 0. The lowest BCUT2D eigenvalue weighted by Crippen LogP contribution is -1.99. The van der Waals surface area contributed by atoms with Gasteiger partial charge in [0, 0.05) is 0 Å². The Morgan fingerprint density at radius 2 is 1.65 bits per heavy atom. The first-order chi connectivity index (χ1) is 9.47. The maximum Gasteiger partial charge on any atom is 0.336 e. The van der Waals surface area contributed by atoms with Crippen molar-refractivity contribution in [3.63, 3.8) is 0 Å². The number of hydrogen-bond donors (Lipinski definition) is 2. The van der Waals surface area contributed by atoms with E-state index in [1.165, 1.54) is 30.3 Å². The average molecular weight is 309 g/mol. The van der Waals surface area contributed by atoms with Gasteiger partial charge < -0.3 is 10.2 Å². The van der Waals surface area contributed by atoms with E-state index in [1.807, 2.05) is 0 Å². The molecule has 2 aromatic rings. The molecule has 5 heteroatoms. The third-order valence-electron chi connectivity index (χ3n) is 2.66. The van der Waals surface area contributed by atoms with Gasteiger partial charge in [-0.05, 0) is 41.5 Å². The zero-order valence-electron chi connectivity index (χ0n) is 10.2. The van der Waals surface area contributed by atoms with E-state index in [0.717, 1.165) is 0 Å². The zero-order chi connectivity index (χ0) is 14.7. The predicted octanol–water partition coefficient (Wildman–Crippen LogP) is 4.32. The van der Waals surface area contributed by atoms with Gasteiger partial charge in [0.15, 0.2) is 0 Å². The van der Waals surface area contributed by atoms with Crippen LogP contribution in [-0.2, 0) is 4.79 Å². The van der Waals surface area contributed by atoms with E-state index < -0.39 is 5.97 Å². The first-order valence-corrected chi connectivity index (χ1v) is 6.42. The highest BCUT2D eigenvalue weighted by Crippen LogP contribution is 2.26. The number of carboxylic acid groups (broad SMARTS) is 1. The minimum absolute atomic E-state index is 0.0769. The molecule has 0 radical (unpaired) electrons. The summed E-state index contributed by atoms with van der Waals surface area (Å²) in [5.74, 6) is -0.991. The van der Waals surface area contributed by atoms with Crippen molar-refractivity contribution in [2.24, 2.45) is 0 Å². The average Bonchev–Trinajstić information content (AvgIpc) is 2.41. The number of halogens is 2. The van der Waals surface area contributed by atoms with Crippen molar-refractivity contribution >= 4 is 40.8 Å². The molecular weight excluding hydrogens is 299 g/mol. The van der Waals surface area contributed by atoms with Crippen LogP contribution < -0.4 is 0 Å². The van der Waals surface area contributed by atoms with Crippen molar-refractivity contribution in [2.75, 3.05) is 0 Å². The maximum atomic E-state index is 11.4. The Morgan fingerprint density at radius 1 is 1.00 bits per heavy atom. The molecule has 0 aliphatic heterocycles. The summed E-state index contributed by atoms with van der Waals surface area (Å²) >= 11 is 11.7. The van der Waals surface area contributed by atoms with Crippen molar-refractivity contribution in [3.8, 4) is 5.75 Å². The molecule has 0 heterocycles. The van der Waals surface area contributed by atoms with Crippen LogP contribution in [0, 0.1) is 0 Å². The van der Waals surface area contributed by atoms with Crippen LogP contribution in [0.5, 0.6) is 5.75 Å². The van der Waals surface area contributed by atoms with Gasteiger partial charge in [-0.1, -0.05) is 41.4 Å². The molecule has 0 aliphatic carbocycles. The normalized spacial score (nSPS) is 11.4. The number of phenolic OH excluding ortho intramolecular Hbond substituents is 1. The third kappa shape index (κ3) is 3.32. The van der Waals surface area contributed by atoms with Crippen LogP contribution in [0.4, 0.5) is 0 Å². The van der Waals surface area contributed by atoms with Crippen LogP contribution in [0.15, 0.2) is 42.5 Å². The molecule has 3 nitrogen and oxygen atoms in total. The van der Waals surface area contributed by atoms with Crippen LogP contribution >= 0.6 is 23.2 Å². The summed E-state index contributed by atoms with van der Waals surface area (Å²) in [5.41, 5.74) is 1.22. The minimum atomic E-state index is -1.07. The lowest BCUT2D eigenvalue weighted by molar-refractivity contribution is -0.130. The number of aliphatic carboxylic acids is 1. The topological polar surface area (TPSA) is 57.5 Å². The van der Waals surface area contributed by atoms with Crippen molar-refractivity contribution in [2.45, 2.75) is 0 Å². The molecule has 0 amide bonds. The highest BCUT2D eigenvalue weighted by Gasteiger charge is 2.11. The largest absolute Gasteiger partial charge is 0.508 e. The Kier molecular flexibility index (Phi) is 4.32. The number of carboxylic acids is 1. The highest BCUT2D eigenvalue weighted by atomic mass is 35.5. The van der Waals surface area contributed by atoms with E-state index in [-0.39, 0.29) is 11.3 Å². The monoisotopic (exact) mass is 308 g/mol. The van der Waals surface area contributed by atoms with Gasteiger partial charge in [0.1, 0.15) is 5.75 Å². The second-order valence-electron chi connectivity index (χ2n) is 4.08. The van der Waals surface area contributed by atoms with Gasteiger partial charge in [-0.15, -0.1) is 0 Å². The van der Waals surface area contributed by atoms with Crippen LogP contribution in [0.2, 0.25) is 10.0 Å². The van der Waals surface area contributed by atoms with Crippen LogP contribution in [0.3, 0.4) is 0 Å². The molecule has 0 bridgehead atoms. The fourth-order valence-corrected chi connectivity index (χ4v) is 1.98. The van der Waals surface area contributed by atoms with Gasteiger partial charge in [0.2, 0.25) is 0 Å². The number of phenols is 1. The van der Waals surface area contributed by atoms with Crippen molar-refractivity contribution < 1.29 is 15.0 Å². The molecule has 102 valence electrons. The van der Waals surface area contributed by atoms with Gasteiger partial charge in [-0.25, -0.2) is 4.79 Å². The van der Waals surface area contributed by atoms with E-state index >= 15 is 0 Å². The highest BCUT2D eigenvalue weighted by molar-refractivity contribution is 6.42. The van der Waals surface area contributed by atoms with E-state index in [9.17, 15) is 15.0 Å². The Bertz CT molecular complexity index is 676. The molecule has 2 rings (SSSR count). The van der Waals surface area contributed by atoms with Crippen molar-refractivity contribution in [1.29, 1.82) is 0 Å². The lowest BCUT2D eigenvalue weighted by atomic mass is 10.0. The molecule has 0 fully saturated rings. The van der Waals surface area contributed by atoms with Crippen LogP contribution in [-0.4, -0.2) is 16.2 Å². The summed E-state index contributed by atoms with van der Waals surface area (Å²) in [7, 11) is 0. The molecule has 0 spiro atoms. The van der Waals surface area contributed by atoms with Crippen LogP contribution in [0.1, 0.15) is 11.1 Å². The predicted molar refractivity (Wildman–Crippen MR) is 80.1 cm³/mol. The molecule has 2 N–H and O–H groups in total. The lowest BCUT2D eigenvalue weighted by Gasteiger charge is -2.04. The van der Waals surface area contributed by atoms with Gasteiger partial charge in [-0.2, -0.15) is 0 Å². The fourth-order valence-electron chi connectivity index (χ4n) is 1.68. The first kappa shape index (κ1) is 14.4. The smallest absolute Gasteiger partial charge is 0.336 e. The quantitative estimate of drug-likeness (QED) is 0.655. The Balaban J connectivity index is 2.47. The molecule has 0 saturated carbocycles. The summed E-state index contributed by atoms with van der Waals surface area (Å²) in [6.45, 7) is 0. The van der Waals surface area contributed by atoms with E-state index in [4.69, 9.17) is 23.2 Å². The second kappa shape index (κ2) is 5.99. The van der Waals surface area contributed by atoms with Crippen LogP contribution in [0.25, 0.3) is 11.6 Å². The minimum Gasteiger partial charge on any atom is -0.508 e. The molecular formula is C15H10Cl2O3. The van der Waals surface area contributed by atoms with E-state index in [2.05, 4.69) is 0 Å².